The van der Waals surface area contributed by atoms with Crippen LogP contribution < -0.4 is 0 Å². The number of allylic oxidation sites excluding steroid dienone is 7. The number of carbonyl (C=O) groups excluding carboxylic acids is 2. The fraction of sp³-hybridized carbons (Fsp3) is 0.756. The molecule has 2 atom stereocenters. The van der Waals surface area contributed by atoms with Crippen LogP contribution in [0.1, 0.15) is 174 Å². The third kappa shape index (κ3) is 39.0. The predicted molar refractivity (Wildman–Crippen MR) is 208 cm³/mol. The summed E-state index contributed by atoms with van der Waals surface area (Å²) in [6.07, 6.45) is 40.2. The van der Waals surface area contributed by atoms with E-state index in [0.717, 1.165) is 51.4 Å². The van der Waals surface area contributed by atoms with Crippen LogP contribution in [0, 0.1) is 0 Å². The van der Waals surface area contributed by atoms with E-state index in [9.17, 15) is 19.3 Å². The number of phosphoric ester groups is 1. The lowest BCUT2D eigenvalue weighted by Gasteiger charge is -2.18. The predicted octanol–water partition coefficient (Wildman–Crippen LogP) is 10.9. The molecule has 0 saturated carbocycles. The van der Waals surface area contributed by atoms with Crippen LogP contribution in [0.25, 0.3) is 0 Å². The van der Waals surface area contributed by atoms with Crippen molar-refractivity contribution in [3.05, 3.63) is 48.6 Å². The van der Waals surface area contributed by atoms with Crippen molar-refractivity contribution in [2.75, 3.05) is 13.2 Å². The Hall–Kier alpha value is -2.03. The van der Waals surface area contributed by atoms with Crippen molar-refractivity contribution in [2.24, 2.45) is 0 Å². The van der Waals surface area contributed by atoms with Crippen molar-refractivity contribution in [3.63, 3.8) is 0 Å². The van der Waals surface area contributed by atoms with Crippen LogP contribution in [0.5, 0.6) is 0 Å². The van der Waals surface area contributed by atoms with Crippen LogP contribution in [-0.2, 0) is 28.2 Å². The number of unbranched alkanes of at least 4 members (excludes halogenated alkanes) is 17. The van der Waals surface area contributed by atoms with Crippen LogP contribution in [-0.4, -0.2) is 52.3 Å². The summed E-state index contributed by atoms with van der Waals surface area (Å²) in [6.45, 7) is 3.51. The number of aliphatic hydroxyl groups is 1. The van der Waals surface area contributed by atoms with E-state index in [1.165, 1.54) is 77.0 Å². The van der Waals surface area contributed by atoms with Gasteiger partial charge in [-0.05, 0) is 38.5 Å². The molecule has 0 unspecified atom stereocenters. The van der Waals surface area contributed by atoms with Gasteiger partial charge in [-0.1, -0.05) is 172 Å². The Morgan fingerprint density at radius 1 is 0.608 bits per heavy atom. The van der Waals surface area contributed by atoms with Gasteiger partial charge in [0.2, 0.25) is 0 Å². The maximum Gasteiger partial charge on any atom is 0.469 e. The van der Waals surface area contributed by atoms with Gasteiger partial charge in [-0.15, -0.1) is 0 Å². The largest absolute Gasteiger partial charge is 0.469 e. The summed E-state index contributed by atoms with van der Waals surface area (Å²) in [7, 11) is -4.78. The van der Waals surface area contributed by atoms with Gasteiger partial charge in [0.1, 0.15) is 6.61 Å². The molecule has 0 aliphatic carbocycles. The smallest absolute Gasteiger partial charge is 0.462 e. The van der Waals surface area contributed by atoms with E-state index >= 15 is 0 Å². The minimum Gasteiger partial charge on any atom is -0.462 e. The first-order valence-corrected chi connectivity index (χ1v) is 21.6. The summed E-state index contributed by atoms with van der Waals surface area (Å²) in [5.74, 6) is -0.975. The monoisotopic (exact) mass is 740 g/mol. The van der Waals surface area contributed by atoms with Crippen molar-refractivity contribution in [2.45, 2.75) is 187 Å². The van der Waals surface area contributed by atoms with E-state index in [-0.39, 0.29) is 25.6 Å². The van der Waals surface area contributed by atoms with Crippen molar-refractivity contribution in [1.29, 1.82) is 0 Å². The van der Waals surface area contributed by atoms with E-state index in [2.05, 4.69) is 30.5 Å². The Morgan fingerprint density at radius 2 is 1.12 bits per heavy atom. The highest BCUT2D eigenvalue weighted by Crippen LogP contribution is 2.36. The molecule has 0 amide bonds. The van der Waals surface area contributed by atoms with Gasteiger partial charge in [-0.25, -0.2) is 4.57 Å². The fourth-order valence-electron chi connectivity index (χ4n) is 5.42. The normalized spacial score (nSPS) is 13.6. The molecule has 0 aromatic carbocycles. The number of hydrogen-bond acceptors (Lipinski definition) is 7. The molecule has 0 aromatic rings. The quantitative estimate of drug-likeness (QED) is 0.0188. The maximum absolute atomic E-state index is 12.4. The maximum atomic E-state index is 12.4. The van der Waals surface area contributed by atoms with Crippen molar-refractivity contribution in [3.8, 4) is 0 Å². The number of rotatable bonds is 36. The molecule has 0 aliphatic rings. The molecule has 0 aromatic heterocycles. The summed E-state index contributed by atoms with van der Waals surface area (Å²) in [6, 6.07) is 0. The average molecular weight is 741 g/mol. The van der Waals surface area contributed by atoms with E-state index in [0.29, 0.717) is 19.3 Å². The third-order valence-corrected chi connectivity index (χ3v) is 8.94. The number of ether oxygens (including phenoxy) is 2. The van der Waals surface area contributed by atoms with Gasteiger partial charge < -0.3 is 24.4 Å². The molecule has 51 heavy (non-hydrogen) atoms. The van der Waals surface area contributed by atoms with Gasteiger partial charge >= 0.3 is 19.8 Å². The zero-order valence-electron chi connectivity index (χ0n) is 32.1. The summed E-state index contributed by atoms with van der Waals surface area (Å²) >= 11 is 0. The van der Waals surface area contributed by atoms with E-state index in [1.807, 2.05) is 36.5 Å². The van der Waals surface area contributed by atoms with E-state index in [1.54, 1.807) is 0 Å². The number of carbonyl (C=O) groups is 2. The van der Waals surface area contributed by atoms with Crippen molar-refractivity contribution in [1.82, 2.24) is 0 Å². The summed E-state index contributed by atoms with van der Waals surface area (Å²) in [4.78, 5) is 42.7. The second-order valence-corrected chi connectivity index (χ2v) is 14.7. The molecule has 0 radical (unpaired) electrons. The average Bonchev–Trinajstić information content (AvgIpc) is 3.09. The second kappa shape index (κ2) is 36.3. The van der Waals surface area contributed by atoms with Gasteiger partial charge in [0, 0.05) is 12.8 Å². The molecule has 9 nitrogen and oxygen atoms in total. The molecule has 3 N–H and O–H groups in total. The first-order chi connectivity index (χ1) is 24.7. The number of phosphoric acid groups is 1. The standard InChI is InChI=1S/C41H73O9P/c1-3-5-7-8-9-10-11-12-13-14-17-20-23-26-30-34-40(43)48-36-39(37-49-51(45,46)47)50-41(44)35-31-27-24-21-18-15-16-19-22-25-29-33-38(42)32-28-6-4-2/h15-16,21-22,24-25,29,33,38-39,42H,3-14,17-20,23,26-28,30-32,34-37H2,1-2H3,(H2,45,46,47)/b16-15-,24-21-,25-22-,33-29+/t38-,39+/m0/s1. The highest BCUT2D eigenvalue weighted by atomic mass is 31.2. The molecule has 0 spiro atoms. The molecule has 10 heteroatoms. The van der Waals surface area contributed by atoms with Crippen LogP contribution in [0.15, 0.2) is 48.6 Å². The molecule has 0 rings (SSSR count). The first kappa shape index (κ1) is 49.0. The van der Waals surface area contributed by atoms with Crippen molar-refractivity contribution < 1.29 is 43.0 Å². The Kier molecular flexibility index (Phi) is 34.9. The highest BCUT2D eigenvalue weighted by molar-refractivity contribution is 7.46. The lowest BCUT2D eigenvalue weighted by molar-refractivity contribution is -0.161. The van der Waals surface area contributed by atoms with Crippen LogP contribution in [0.4, 0.5) is 0 Å². The Morgan fingerprint density at radius 3 is 1.71 bits per heavy atom. The summed E-state index contributed by atoms with van der Waals surface area (Å²) in [5.41, 5.74) is 0. The molecule has 0 aliphatic heterocycles. The Bertz CT molecular complexity index is 986. The molecule has 0 bridgehead atoms. The molecule has 0 saturated heterocycles. The topological polar surface area (TPSA) is 140 Å². The van der Waals surface area contributed by atoms with Gasteiger partial charge in [0.05, 0.1) is 12.7 Å². The number of esters is 2. The molecule has 296 valence electrons. The molecular weight excluding hydrogens is 667 g/mol. The Balaban J connectivity index is 4.08. The first-order valence-electron chi connectivity index (χ1n) is 20.0. The van der Waals surface area contributed by atoms with E-state index in [4.69, 9.17) is 19.3 Å². The molecular formula is C41H73O9P. The van der Waals surface area contributed by atoms with Gasteiger partial charge in [-0.2, -0.15) is 0 Å². The molecule has 0 fully saturated rings. The Labute approximate surface area is 310 Å². The zero-order valence-corrected chi connectivity index (χ0v) is 33.0. The number of aliphatic hydroxyl groups excluding tert-OH is 1. The van der Waals surface area contributed by atoms with Gasteiger partial charge in [0.25, 0.3) is 0 Å². The third-order valence-electron chi connectivity index (χ3n) is 8.45. The fourth-order valence-corrected chi connectivity index (χ4v) is 5.78. The van der Waals surface area contributed by atoms with Crippen molar-refractivity contribution >= 4 is 19.8 Å². The van der Waals surface area contributed by atoms with E-state index < -0.39 is 32.5 Å². The summed E-state index contributed by atoms with van der Waals surface area (Å²) < 4.78 is 26.3. The lowest BCUT2D eigenvalue weighted by Crippen LogP contribution is -2.29. The van der Waals surface area contributed by atoms with Crippen LogP contribution in [0.2, 0.25) is 0 Å². The number of hydrogen-bond donors (Lipinski definition) is 3. The minimum absolute atomic E-state index is 0.116. The SMILES string of the molecule is CCCCCCCCCCCCCCCCCC(=O)OC[C@H](COP(=O)(O)O)OC(=O)CCC/C=C\C/C=C\C/C=C\C=C\[C@@H](O)CCCCC. The molecule has 0 heterocycles. The summed E-state index contributed by atoms with van der Waals surface area (Å²) in [5, 5.41) is 9.86. The highest BCUT2D eigenvalue weighted by Gasteiger charge is 2.22. The van der Waals surface area contributed by atoms with Gasteiger partial charge in [0.15, 0.2) is 6.10 Å². The minimum atomic E-state index is -4.78. The van der Waals surface area contributed by atoms with Crippen LogP contribution in [0.3, 0.4) is 0 Å². The lowest BCUT2D eigenvalue weighted by atomic mass is 10.0. The zero-order chi connectivity index (χ0) is 37.7. The van der Waals surface area contributed by atoms with Gasteiger partial charge in [-0.3, -0.25) is 14.1 Å². The second-order valence-electron chi connectivity index (χ2n) is 13.5. The van der Waals surface area contributed by atoms with Crippen LogP contribution >= 0.6 is 7.82 Å².